The van der Waals surface area contributed by atoms with Crippen molar-refractivity contribution < 1.29 is 4.79 Å². The topological polar surface area (TPSA) is 76.7 Å². The zero-order valence-corrected chi connectivity index (χ0v) is 10.4. The van der Waals surface area contributed by atoms with E-state index in [1.165, 1.54) is 0 Å². The van der Waals surface area contributed by atoms with Gasteiger partial charge in [0.25, 0.3) is 0 Å². The fourth-order valence-electron chi connectivity index (χ4n) is 1.47. The van der Waals surface area contributed by atoms with Gasteiger partial charge in [0.05, 0.1) is 17.3 Å². The number of nitriles is 2. The summed E-state index contributed by atoms with van der Waals surface area (Å²) in [5.74, 6) is -0.321. The van der Waals surface area contributed by atoms with Gasteiger partial charge in [-0.25, -0.2) is 0 Å². The van der Waals surface area contributed by atoms with Gasteiger partial charge in [-0.15, -0.1) is 0 Å². The Balaban J connectivity index is 2.23. The van der Waals surface area contributed by atoms with Gasteiger partial charge in [-0.3, -0.25) is 4.79 Å². The largest absolute Gasteiger partial charge is 0.324 e. The van der Waals surface area contributed by atoms with Crippen molar-refractivity contribution in [2.45, 2.75) is 12.8 Å². The van der Waals surface area contributed by atoms with Crippen LogP contribution in [0.4, 0.5) is 5.69 Å². The van der Waals surface area contributed by atoms with Crippen LogP contribution in [-0.2, 0) is 4.79 Å². The van der Waals surface area contributed by atoms with Crippen molar-refractivity contribution in [1.82, 2.24) is 0 Å². The molecule has 0 heterocycles. The molecule has 0 aromatic heterocycles. The van der Waals surface area contributed by atoms with Crippen LogP contribution >= 0.6 is 15.9 Å². The molecule has 1 fully saturated rings. The molecule has 17 heavy (non-hydrogen) atoms. The first-order valence-electron chi connectivity index (χ1n) is 5.04. The summed E-state index contributed by atoms with van der Waals surface area (Å²) in [5, 5.41) is 20.5. The minimum atomic E-state index is -0.875. The molecule has 1 saturated carbocycles. The molecular formula is C12H8BrN3O. The monoisotopic (exact) mass is 289 g/mol. The number of nitrogens with one attached hydrogen (secondary N) is 1. The molecule has 0 unspecified atom stereocenters. The lowest BCUT2D eigenvalue weighted by Gasteiger charge is -2.09. The van der Waals surface area contributed by atoms with Crippen LogP contribution in [0.1, 0.15) is 18.4 Å². The maximum atomic E-state index is 11.8. The smallest absolute Gasteiger partial charge is 0.244 e. The molecular weight excluding hydrogens is 282 g/mol. The van der Waals surface area contributed by atoms with Gasteiger partial charge in [-0.2, -0.15) is 10.5 Å². The van der Waals surface area contributed by atoms with Crippen LogP contribution in [0.3, 0.4) is 0 Å². The van der Waals surface area contributed by atoms with Gasteiger partial charge in [-0.1, -0.05) is 15.9 Å². The Bertz CT molecular complexity index is 564. The summed E-state index contributed by atoms with van der Waals surface area (Å²) in [6, 6.07) is 9.03. The van der Waals surface area contributed by atoms with Crippen molar-refractivity contribution in [1.29, 1.82) is 10.5 Å². The van der Waals surface area contributed by atoms with E-state index in [2.05, 4.69) is 21.2 Å². The summed E-state index contributed by atoms with van der Waals surface area (Å²) < 4.78 is 0.772. The maximum Gasteiger partial charge on any atom is 0.244 e. The van der Waals surface area contributed by atoms with E-state index in [9.17, 15) is 4.79 Å². The molecule has 1 aromatic rings. The first-order chi connectivity index (χ1) is 8.11. The third-order valence-electron chi connectivity index (χ3n) is 2.75. The average Bonchev–Trinajstić information content (AvgIpc) is 3.12. The Morgan fingerprint density at radius 1 is 1.41 bits per heavy atom. The van der Waals surface area contributed by atoms with E-state index in [4.69, 9.17) is 10.5 Å². The molecule has 1 aliphatic carbocycles. The second-order valence-electron chi connectivity index (χ2n) is 3.95. The van der Waals surface area contributed by atoms with Gasteiger partial charge in [0, 0.05) is 4.47 Å². The van der Waals surface area contributed by atoms with E-state index in [1.54, 1.807) is 18.2 Å². The highest BCUT2D eigenvalue weighted by Gasteiger charge is 2.50. The van der Waals surface area contributed by atoms with Crippen molar-refractivity contribution in [3.8, 4) is 12.1 Å². The number of nitrogens with zero attached hydrogens (tertiary/aromatic N) is 2. The van der Waals surface area contributed by atoms with Crippen molar-refractivity contribution >= 4 is 27.5 Å². The van der Waals surface area contributed by atoms with Crippen LogP contribution in [0.15, 0.2) is 22.7 Å². The third-order valence-corrected chi connectivity index (χ3v) is 3.24. The first-order valence-corrected chi connectivity index (χ1v) is 5.83. The Hall–Kier alpha value is -1.85. The van der Waals surface area contributed by atoms with Crippen molar-refractivity contribution in [3.05, 3.63) is 28.2 Å². The zero-order valence-electron chi connectivity index (χ0n) is 8.83. The number of anilines is 1. The highest BCUT2D eigenvalue weighted by atomic mass is 79.9. The van der Waals surface area contributed by atoms with E-state index in [-0.39, 0.29) is 5.91 Å². The van der Waals surface area contributed by atoms with Crippen molar-refractivity contribution in [2.75, 3.05) is 5.32 Å². The van der Waals surface area contributed by atoms with Gasteiger partial charge in [0.15, 0.2) is 0 Å². The van der Waals surface area contributed by atoms with Gasteiger partial charge < -0.3 is 5.32 Å². The Morgan fingerprint density at radius 3 is 2.65 bits per heavy atom. The van der Waals surface area contributed by atoms with E-state index < -0.39 is 5.41 Å². The highest BCUT2D eigenvalue weighted by molar-refractivity contribution is 9.10. The van der Waals surface area contributed by atoms with Crippen LogP contribution in [-0.4, -0.2) is 5.91 Å². The van der Waals surface area contributed by atoms with E-state index >= 15 is 0 Å². The minimum Gasteiger partial charge on any atom is -0.324 e. The summed E-state index contributed by atoms with van der Waals surface area (Å²) in [6.45, 7) is 0. The molecule has 2 rings (SSSR count). The SMILES string of the molecule is N#Cc1cc(Br)ccc1NC(=O)C1(C#N)CC1. The van der Waals surface area contributed by atoms with E-state index in [0.717, 1.165) is 4.47 Å². The fraction of sp³-hybridized carbons (Fsp3) is 0.250. The van der Waals surface area contributed by atoms with E-state index in [0.29, 0.717) is 24.1 Å². The molecule has 0 spiro atoms. The molecule has 5 heteroatoms. The number of halogens is 1. The van der Waals surface area contributed by atoms with Crippen LogP contribution < -0.4 is 5.32 Å². The summed E-state index contributed by atoms with van der Waals surface area (Å²) in [4.78, 5) is 11.8. The fourth-order valence-corrected chi connectivity index (χ4v) is 1.84. The summed E-state index contributed by atoms with van der Waals surface area (Å²) in [5.41, 5.74) is -0.0523. The summed E-state index contributed by atoms with van der Waals surface area (Å²) >= 11 is 3.25. The zero-order chi connectivity index (χ0) is 12.5. The van der Waals surface area contributed by atoms with Gasteiger partial charge in [-0.05, 0) is 31.0 Å². The number of benzene rings is 1. The van der Waals surface area contributed by atoms with Crippen LogP contribution in [0, 0.1) is 28.1 Å². The number of amides is 1. The molecule has 1 N–H and O–H groups in total. The number of carbonyl (C=O) groups is 1. The molecule has 1 aliphatic rings. The van der Waals surface area contributed by atoms with Crippen molar-refractivity contribution in [3.63, 3.8) is 0 Å². The second kappa shape index (κ2) is 4.20. The van der Waals surface area contributed by atoms with Gasteiger partial charge >= 0.3 is 0 Å². The molecule has 0 aliphatic heterocycles. The normalized spacial score (nSPS) is 15.5. The minimum absolute atomic E-state index is 0.321. The Labute approximate surface area is 107 Å². The second-order valence-corrected chi connectivity index (χ2v) is 4.87. The Morgan fingerprint density at radius 2 is 2.12 bits per heavy atom. The lowest BCUT2D eigenvalue weighted by Crippen LogP contribution is -2.23. The third kappa shape index (κ3) is 2.15. The average molecular weight is 290 g/mol. The molecule has 0 radical (unpaired) electrons. The number of carbonyl (C=O) groups excluding carboxylic acids is 1. The van der Waals surface area contributed by atoms with Crippen LogP contribution in [0.2, 0.25) is 0 Å². The molecule has 1 aromatic carbocycles. The lowest BCUT2D eigenvalue weighted by atomic mass is 10.1. The van der Waals surface area contributed by atoms with Crippen molar-refractivity contribution in [2.24, 2.45) is 5.41 Å². The lowest BCUT2D eigenvalue weighted by molar-refractivity contribution is -0.119. The van der Waals surface area contributed by atoms with Crippen LogP contribution in [0.5, 0.6) is 0 Å². The number of rotatable bonds is 2. The number of hydrogen-bond acceptors (Lipinski definition) is 3. The molecule has 4 nitrogen and oxygen atoms in total. The highest BCUT2D eigenvalue weighted by Crippen LogP contribution is 2.45. The molecule has 1 amide bonds. The van der Waals surface area contributed by atoms with Gasteiger partial charge in [0.2, 0.25) is 5.91 Å². The molecule has 0 saturated heterocycles. The predicted molar refractivity (Wildman–Crippen MR) is 64.8 cm³/mol. The standard InChI is InChI=1S/C12H8BrN3O/c13-9-1-2-10(8(5-9)6-14)16-11(17)12(7-15)3-4-12/h1-2,5H,3-4H2,(H,16,17). The predicted octanol–water partition coefficient (Wildman–Crippen LogP) is 2.56. The number of hydrogen-bond donors (Lipinski definition) is 1. The summed E-state index contributed by atoms with van der Waals surface area (Å²) in [6.07, 6.45) is 1.18. The van der Waals surface area contributed by atoms with Crippen LogP contribution in [0.25, 0.3) is 0 Å². The maximum absolute atomic E-state index is 11.8. The Kier molecular flexibility index (Phi) is 2.87. The first kappa shape index (κ1) is 11.6. The molecule has 84 valence electrons. The van der Waals surface area contributed by atoms with Gasteiger partial charge in [0.1, 0.15) is 11.5 Å². The summed E-state index contributed by atoms with van der Waals surface area (Å²) in [7, 11) is 0. The molecule has 0 bridgehead atoms. The van der Waals surface area contributed by atoms with E-state index in [1.807, 2.05) is 12.1 Å². The molecule has 0 atom stereocenters. The quantitative estimate of drug-likeness (QED) is 0.909.